The predicted molar refractivity (Wildman–Crippen MR) is 65.0 cm³/mol. The molecule has 0 N–H and O–H groups in total. The molecule has 1 heterocycles. The van der Waals surface area contributed by atoms with Crippen LogP contribution in [0.4, 0.5) is 0 Å². The summed E-state index contributed by atoms with van der Waals surface area (Å²) in [6.45, 7) is 0.521. The first kappa shape index (κ1) is 11.9. The molecule has 0 amide bonds. The molecule has 0 aromatic rings. The SMILES string of the molecule is CN=C(N=C=S)C1COC2(CCCCC2)O1. The van der Waals surface area contributed by atoms with Crippen LogP contribution in [-0.4, -0.2) is 36.5 Å². The fraction of sp³-hybridized carbons (Fsp3) is 0.818. The Bertz CT molecular complexity index is 331. The smallest absolute Gasteiger partial charge is 0.169 e. The van der Waals surface area contributed by atoms with Gasteiger partial charge in [0.15, 0.2) is 11.6 Å². The monoisotopic (exact) mass is 240 g/mol. The lowest BCUT2D eigenvalue weighted by molar-refractivity contribution is -0.181. The van der Waals surface area contributed by atoms with Crippen LogP contribution >= 0.6 is 12.2 Å². The van der Waals surface area contributed by atoms with Gasteiger partial charge in [-0.2, -0.15) is 4.99 Å². The van der Waals surface area contributed by atoms with E-state index in [1.54, 1.807) is 7.05 Å². The summed E-state index contributed by atoms with van der Waals surface area (Å²) >= 11 is 4.58. The molecule has 0 bridgehead atoms. The lowest BCUT2D eigenvalue weighted by atomic mass is 9.94. The number of aliphatic imine (C=N–C) groups is 2. The van der Waals surface area contributed by atoms with Crippen molar-refractivity contribution in [3.05, 3.63) is 0 Å². The summed E-state index contributed by atoms with van der Waals surface area (Å²) < 4.78 is 11.8. The van der Waals surface area contributed by atoms with Gasteiger partial charge in [-0.15, -0.1) is 0 Å². The Balaban J connectivity index is 2.04. The average molecular weight is 240 g/mol. The van der Waals surface area contributed by atoms with Crippen LogP contribution in [0.25, 0.3) is 0 Å². The summed E-state index contributed by atoms with van der Waals surface area (Å²) in [7, 11) is 1.68. The number of rotatable bonds is 1. The average Bonchev–Trinajstić information content (AvgIpc) is 2.71. The Kier molecular flexibility index (Phi) is 3.82. The molecule has 1 aliphatic heterocycles. The summed E-state index contributed by atoms with van der Waals surface area (Å²) in [6, 6.07) is 0. The first-order valence-electron chi connectivity index (χ1n) is 5.66. The van der Waals surface area contributed by atoms with Crippen molar-refractivity contribution in [2.75, 3.05) is 13.7 Å². The summed E-state index contributed by atoms with van der Waals surface area (Å²) in [6.07, 6.45) is 5.37. The second kappa shape index (κ2) is 5.15. The molecule has 1 atom stereocenters. The number of hydrogen-bond acceptors (Lipinski definition) is 4. The number of nitrogens with zero attached hydrogens (tertiary/aromatic N) is 2. The van der Waals surface area contributed by atoms with Gasteiger partial charge >= 0.3 is 0 Å². The highest BCUT2D eigenvalue weighted by atomic mass is 32.1. The highest BCUT2D eigenvalue weighted by Crippen LogP contribution is 2.38. The summed E-state index contributed by atoms with van der Waals surface area (Å²) in [5.41, 5.74) is 0. The molecule has 1 saturated carbocycles. The fourth-order valence-corrected chi connectivity index (χ4v) is 2.44. The van der Waals surface area contributed by atoms with E-state index < -0.39 is 0 Å². The van der Waals surface area contributed by atoms with E-state index in [2.05, 4.69) is 27.4 Å². The van der Waals surface area contributed by atoms with Crippen molar-refractivity contribution < 1.29 is 9.47 Å². The van der Waals surface area contributed by atoms with E-state index in [4.69, 9.17) is 9.47 Å². The number of hydrogen-bond donors (Lipinski definition) is 0. The van der Waals surface area contributed by atoms with Crippen LogP contribution in [0.15, 0.2) is 9.98 Å². The molecule has 0 radical (unpaired) electrons. The van der Waals surface area contributed by atoms with Crippen molar-refractivity contribution >= 4 is 23.2 Å². The Morgan fingerprint density at radius 3 is 2.75 bits per heavy atom. The van der Waals surface area contributed by atoms with Gasteiger partial charge in [0.05, 0.1) is 11.8 Å². The third-order valence-electron chi connectivity index (χ3n) is 3.15. The van der Waals surface area contributed by atoms with Gasteiger partial charge in [0.2, 0.25) is 0 Å². The maximum atomic E-state index is 5.96. The van der Waals surface area contributed by atoms with Gasteiger partial charge < -0.3 is 9.47 Å². The molecule has 16 heavy (non-hydrogen) atoms. The number of ether oxygens (including phenoxy) is 2. The Morgan fingerprint density at radius 2 is 2.12 bits per heavy atom. The molecule has 2 rings (SSSR count). The maximum Gasteiger partial charge on any atom is 0.169 e. The minimum absolute atomic E-state index is 0.182. The molecule has 0 aromatic heterocycles. The van der Waals surface area contributed by atoms with Gasteiger partial charge in [-0.25, -0.2) is 0 Å². The van der Waals surface area contributed by atoms with Crippen LogP contribution in [0.5, 0.6) is 0 Å². The molecule has 1 saturated heterocycles. The molecular formula is C11H16N2O2S. The van der Waals surface area contributed by atoms with E-state index in [0.29, 0.717) is 12.4 Å². The van der Waals surface area contributed by atoms with E-state index in [9.17, 15) is 0 Å². The molecule has 2 aliphatic rings. The van der Waals surface area contributed by atoms with Gasteiger partial charge in [0.25, 0.3) is 0 Å². The molecule has 88 valence electrons. The Morgan fingerprint density at radius 1 is 1.38 bits per heavy atom. The molecule has 4 nitrogen and oxygen atoms in total. The highest BCUT2D eigenvalue weighted by Gasteiger charge is 2.43. The minimum atomic E-state index is -0.379. The molecule has 1 aliphatic carbocycles. The van der Waals surface area contributed by atoms with Gasteiger partial charge in [0, 0.05) is 19.9 Å². The molecular weight excluding hydrogens is 224 g/mol. The zero-order chi connectivity index (χ0) is 11.4. The normalized spacial score (nSPS) is 29.1. The van der Waals surface area contributed by atoms with E-state index in [1.165, 1.54) is 19.3 Å². The summed E-state index contributed by atoms with van der Waals surface area (Å²) in [5.74, 6) is 0.202. The van der Waals surface area contributed by atoms with Gasteiger partial charge in [-0.05, 0) is 25.1 Å². The first-order chi connectivity index (χ1) is 7.79. The minimum Gasteiger partial charge on any atom is -0.347 e. The second-order valence-electron chi connectivity index (χ2n) is 4.17. The topological polar surface area (TPSA) is 43.2 Å². The molecule has 0 aromatic carbocycles. The Hall–Kier alpha value is -0.610. The van der Waals surface area contributed by atoms with Crippen molar-refractivity contribution in [2.45, 2.75) is 44.0 Å². The van der Waals surface area contributed by atoms with Crippen molar-refractivity contribution in [1.82, 2.24) is 0 Å². The number of isothiocyanates is 1. The fourth-order valence-electron chi connectivity index (χ4n) is 2.35. The van der Waals surface area contributed by atoms with Crippen LogP contribution in [0.3, 0.4) is 0 Å². The zero-order valence-corrected chi connectivity index (χ0v) is 10.3. The van der Waals surface area contributed by atoms with Crippen molar-refractivity contribution in [3.8, 4) is 0 Å². The van der Waals surface area contributed by atoms with Gasteiger partial charge in [0.1, 0.15) is 6.10 Å². The van der Waals surface area contributed by atoms with Crippen molar-refractivity contribution in [1.29, 1.82) is 0 Å². The summed E-state index contributed by atoms with van der Waals surface area (Å²) in [5, 5.41) is 2.33. The quantitative estimate of drug-likeness (QED) is 0.401. The van der Waals surface area contributed by atoms with Crippen LogP contribution < -0.4 is 0 Å². The number of thiocarbonyl (C=S) groups is 1. The summed E-state index contributed by atoms with van der Waals surface area (Å²) in [4.78, 5) is 7.97. The Labute approximate surface area is 101 Å². The van der Waals surface area contributed by atoms with Crippen LogP contribution in [-0.2, 0) is 9.47 Å². The van der Waals surface area contributed by atoms with Crippen LogP contribution in [0.1, 0.15) is 32.1 Å². The molecule has 5 heteroatoms. The van der Waals surface area contributed by atoms with Crippen molar-refractivity contribution in [3.63, 3.8) is 0 Å². The highest BCUT2D eigenvalue weighted by molar-refractivity contribution is 7.78. The lowest BCUT2D eigenvalue weighted by Crippen LogP contribution is -2.34. The predicted octanol–water partition coefficient (Wildman–Crippen LogP) is 2.19. The van der Waals surface area contributed by atoms with Crippen LogP contribution in [0.2, 0.25) is 0 Å². The van der Waals surface area contributed by atoms with Crippen molar-refractivity contribution in [2.24, 2.45) is 9.98 Å². The molecule has 2 fully saturated rings. The number of amidine groups is 1. The lowest BCUT2D eigenvalue weighted by Gasteiger charge is -2.31. The zero-order valence-electron chi connectivity index (χ0n) is 9.44. The van der Waals surface area contributed by atoms with E-state index >= 15 is 0 Å². The standard InChI is InChI=1S/C11H16N2O2S/c1-12-10(13-8-16)9-7-14-11(15-9)5-3-2-4-6-11/h9H,2-7H2,1H3. The molecule has 1 spiro atoms. The van der Waals surface area contributed by atoms with Crippen LogP contribution in [0, 0.1) is 0 Å². The van der Waals surface area contributed by atoms with E-state index in [1.807, 2.05) is 0 Å². The third-order valence-corrected chi connectivity index (χ3v) is 3.24. The largest absolute Gasteiger partial charge is 0.347 e. The third kappa shape index (κ3) is 2.38. The van der Waals surface area contributed by atoms with Gasteiger partial charge in [-0.3, -0.25) is 4.99 Å². The van der Waals surface area contributed by atoms with E-state index in [0.717, 1.165) is 12.8 Å². The van der Waals surface area contributed by atoms with E-state index in [-0.39, 0.29) is 11.9 Å². The van der Waals surface area contributed by atoms with Gasteiger partial charge in [-0.1, -0.05) is 6.42 Å². The first-order valence-corrected chi connectivity index (χ1v) is 6.07. The second-order valence-corrected chi connectivity index (χ2v) is 4.36. The maximum absolute atomic E-state index is 5.96. The molecule has 1 unspecified atom stereocenters.